The molecular weight excluding hydrogens is 182 g/mol. The third-order valence-electron chi connectivity index (χ3n) is 2.36. The topological polar surface area (TPSA) is 67.3 Å². The van der Waals surface area contributed by atoms with Crippen LogP contribution in [0.1, 0.15) is 16.9 Å². The van der Waals surface area contributed by atoms with Crippen LogP contribution in [0.5, 0.6) is 0 Å². The number of ketones is 1. The summed E-state index contributed by atoms with van der Waals surface area (Å²) in [5, 5.41) is 8.65. The smallest absolute Gasteiger partial charge is 0.307 e. The maximum Gasteiger partial charge on any atom is 0.307 e. The van der Waals surface area contributed by atoms with E-state index in [2.05, 4.69) is 4.98 Å². The van der Waals surface area contributed by atoms with E-state index in [1.165, 1.54) is 6.20 Å². The molecule has 1 aromatic heterocycles. The summed E-state index contributed by atoms with van der Waals surface area (Å²) in [6.45, 7) is 0. The largest absolute Gasteiger partial charge is 0.481 e. The van der Waals surface area contributed by atoms with E-state index in [0.717, 1.165) is 0 Å². The first-order chi connectivity index (χ1) is 6.70. The van der Waals surface area contributed by atoms with Crippen molar-refractivity contribution in [2.45, 2.75) is 6.42 Å². The van der Waals surface area contributed by atoms with Gasteiger partial charge in [0, 0.05) is 12.1 Å². The molecule has 72 valence electrons. The predicted octanol–water partition coefficient (Wildman–Crippen LogP) is 0.985. The molecule has 2 rings (SSSR count). The number of pyridine rings is 1. The SMILES string of the molecule is O=C(O)[C@H]1C[C@@H]1C(=O)c1ccccn1. The summed E-state index contributed by atoms with van der Waals surface area (Å²) < 4.78 is 0. The molecule has 1 N–H and O–H groups in total. The lowest BCUT2D eigenvalue weighted by molar-refractivity contribution is -0.138. The molecule has 1 saturated carbocycles. The predicted molar refractivity (Wildman–Crippen MR) is 47.8 cm³/mol. The van der Waals surface area contributed by atoms with E-state index >= 15 is 0 Å². The fourth-order valence-electron chi connectivity index (χ4n) is 1.46. The summed E-state index contributed by atoms with van der Waals surface area (Å²) in [4.78, 5) is 26.0. The third kappa shape index (κ3) is 1.51. The Morgan fingerprint density at radius 3 is 2.64 bits per heavy atom. The number of carbonyl (C=O) groups excluding carboxylic acids is 1. The Hall–Kier alpha value is -1.71. The van der Waals surface area contributed by atoms with Crippen LogP contribution < -0.4 is 0 Å². The number of aromatic nitrogens is 1. The monoisotopic (exact) mass is 191 g/mol. The van der Waals surface area contributed by atoms with Gasteiger partial charge >= 0.3 is 5.97 Å². The number of carboxylic acid groups (broad SMARTS) is 1. The molecule has 0 bridgehead atoms. The van der Waals surface area contributed by atoms with Gasteiger partial charge in [-0.25, -0.2) is 0 Å². The van der Waals surface area contributed by atoms with E-state index in [1.54, 1.807) is 18.2 Å². The van der Waals surface area contributed by atoms with Crippen LogP contribution in [0, 0.1) is 11.8 Å². The number of hydrogen-bond donors (Lipinski definition) is 1. The first-order valence-electron chi connectivity index (χ1n) is 4.38. The zero-order valence-electron chi connectivity index (χ0n) is 7.38. The summed E-state index contributed by atoms with van der Waals surface area (Å²) >= 11 is 0. The zero-order chi connectivity index (χ0) is 10.1. The van der Waals surface area contributed by atoms with Gasteiger partial charge in [0.2, 0.25) is 0 Å². The van der Waals surface area contributed by atoms with Gasteiger partial charge in [0.15, 0.2) is 5.78 Å². The molecule has 1 aliphatic rings. The van der Waals surface area contributed by atoms with Crippen LogP contribution in [0.15, 0.2) is 24.4 Å². The van der Waals surface area contributed by atoms with Gasteiger partial charge < -0.3 is 5.11 Å². The molecule has 0 radical (unpaired) electrons. The molecule has 4 nitrogen and oxygen atoms in total. The number of hydrogen-bond acceptors (Lipinski definition) is 3. The molecule has 1 fully saturated rings. The fourth-order valence-corrected chi connectivity index (χ4v) is 1.46. The highest BCUT2D eigenvalue weighted by Crippen LogP contribution is 2.40. The number of rotatable bonds is 3. The average molecular weight is 191 g/mol. The Bertz CT molecular complexity index is 374. The van der Waals surface area contributed by atoms with Gasteiger partial charge in [-0.05, 0) is 18.6 Å². The van der Waals surface area contributed by atoms with Gasteiger partial charge in [-0.15, -0.1) is 0 Å². The molecule has 0 saturated heterocycles. The normalized spacial score (nSPS) is 24.3. The van der Waals surface area contributed by atoms with Crippen molar-refractivity contribution in [2.24, 2.45) is 11.8 Å². The van der Waals surface area contributed by atoms with E-state index in [-0.39, 0.29) is 11.7 Å². The maximum atomic E-state index is 11.6. The van der Waals surface area contributed by atoms with E-state index in [9.17, 15) is 9.59 Å². The number of carbonyl (C=O) groups is 2. The molecule has 0 amide bonds. The van der Waals surface area contributed by atoms with Gasteiger partial charge in [0.05, 0.1) is 5.92 Å². The van der Waals surface area contributed by atoms with Crippen LogP contribution in [-0.2, 0) is 4.79 Å². The Morgan fingerprint density at radius 1 is 1.36 bits per heavy atom. The summed E-state index contributed by atoms with van der Waals surface area (Å²) in [7, 11) is 0. The Kier molecular flexibility index (Phi) is 2.04. The molecule has 1 aliphatic carbocycles. The minimum absolute atomic E-state index is 0.155. The number of carboxylic acids is 1. The molecule has 2 atom stereocenters. The molecule has 0 unspecified atom stereocenters. The van der Waals surface area contributed by atoms with Crippen molar-refractivity contribution in [1.82, 2.24) is 4.98 Å². The molecule has 14 heavy (non-hydrogen) atoms. The molecule has 1 aromatic rings. The zero-order valence-corrected chi connectivity index (χ0v) is 7.38. The van der Waals surface area contributed by atoms with E-state index in [4.69, 9.17) is 5.11 Å². The molecule has 1 heterocycles. The van der Waals surface area contributed by atoms with Gasteiger partial charge in [-0.1, -0.05) is 6.07 Å². The summed E-state index contributed by atoms with van der Waals surface area (Å²) in [6.07, 6.45) is 1.98. The van der Waals surface area contributed by atoms with Crippen LogP contribution in [0.2, 0.25) is 0 Å². The number of nitrogens with zero attached hydrogens (tertiary/aromatic N) is 1. The molecular formula is C10H9NO3. The second kappa shape index (κ2) is 3.21. The first-order valence-corrected chi connectivity index (χ1v) is 4.38. The van der Waals surface area contributed by atoms with Crippen LogP contribution in [0.4, 0.5) is 0 Å². The minimum Gasteiger partial charge on any atom is -0.481 e. The molecule has 0 aromatic carbocycles. The quantitative estimate of drug-likeness (QED) is 0.723. The third-order valence-corrected chi connectivity index (χ3v) is 2.36. The van der Waals surface area contributed by atoms with Crippen molar-refractivity contribution in [1.29, 1.82) is 0 Å². The first kappa shape index (κ1) is 8.87. The van der Waals surface area contributed by atoms with Crippen LogP contribution in [0.3, 0.4) is 0 Å². The fraction of sp³-hybridized carbons (Fsp3) is 0.300. The number of Topliss-reactive ketones (excluding diaryl/α,β-unsaturated/α-hetero) is 1. The van der Waals surface area contributed by atoms with Crippen molar-refractivity contribution < 1.29 is 14.7 Å². The second-order valence-electron chi connectivity index (χ2n) is 3.37. The maximum absolute atomic E-state index is 11.6. The summed E-state index contributed by atoms with van der Waals surface area (Å²) in [5.74, 6) is -1.90. The average Bonchev–Trinajstić information content (AvgIpc) is 2.97. The highest BCUT2D eigenvalue weighted by molar-refractivity contribution is 6.01. The van der Waals surface area contributed by atoms with E-state index in [1.807, 2.05) is 0 Å². The van der Waals surface area contributed by atoms with Crippen molar-refractivity contribution in [3.8, 4) is 0 Å². The second-order valence-corrected chi connectivity index (χ2v) is 3.37. The van der Waals surface area contributed by atoms with Gasteiger partial charge in [-0.3, -0.25) is 14.6 Å². The van der Waals surface area contributed by atoms with Crippen LogP contribution in [-0.4, -0.2) is 21.8 Å². The number of aliphatic carboxylic acids is 1. The van der Waals surface area contributed by atoms with Crippen molar-refractivity contribution >= 4 is 11.8 Å². The van der Waals surface area contributed by atoms with Crippen molar-refractivity contribution in [2.75, 3.05) is 0 Å². The highest BCUT2D eigenvalue weighted by Gasteiger charge is 2.48. The minimum atomic E-state index is -0.890. The molecule has 4 heteroatoms. The van der Waals surface area contributed by atoms with E-state index in [0.29, 0.717) is 12.1 Å². The summed E-state index contributed by atoms with van der Waals surface area (Å²) in [6, 6.07) is 5.05. The van der Waals surface area contributed by atoms with Crippen molar-refractivity contribution in [3.63, 3.8) is 0 Å². The van der Waals surface area contributed by atoms with Gasteiger partial charge in [0.25, 0.3) is 0 Å². The van der Waals surface area contributed by atoms with Crippen LogP contribution >= 0.6 is 0 Å². The molecule has 0 aliphatic heterocycles. The Balaban J connectivity index is 2.09. The molecule has 0 spiro atoms. The van der Waals surface area contributed by atoms with E-state index < -0.39 is 11.9 Å². The summed E-state index contributed by atoms with van der Waals surface area (Å²) in [5.41, 5.74) is 0.362. The van der Waals surface area contributed by atoms with Crippen molar-refractivity contribution in [3.05, 3.63) is 30.1 Å². The highest BCUT2D eigenvalue weighted by atomic mass is 16.4. The lowest BCUT2D eigenvalue weighted by Gasteiger charge is -1.96. The van der Waals surface area contributed by atoms with Crippen LogP contribution in [0.25, 0.3) is 0 Å². The van der Waals surface area contributed by atoms with Gasteiger partial charge in [-0.2, -0.15) is 0 Å². The Morgan fingerprint density at radius 2 is 2.14 bits per heavy atom. The Labute approximate surface area is 80.6 Å². The lowest BCUT2D eigenvalue weighted by atomic mass is 10.1. The standard InChI is InChI=1S/C10H9NO3/c12-9(6-5-7(6)10(13)14)8-3-1-2-4-11-8/h1-4,6-7H,5H2,(H,13,14)/t6-,7-/m0/s1. The lowest BCUT2D eigenvalue weighted by Crippen LogP contribution is -2.09. The van der Waals surface area contributed by atoms with Gasteiger partial charge in [0.1, 0.15) is 5.69 Å².